The number of hydrogen-bond donors (Lipinski definition) is 3. The van der Waals surface area contributed by atoms with E-state index in [1.54, 1.807) is 46.1 Å². The van der Waals surface area contributed by atoms with E-state index in [-0.39, 0.29) is 25.3 Å². The summed E-state index contributed by atoms with van der Waals surface area (Å²) in [5.41, 5.74) is 0.398. The van der Waals surface area contributed by atoms with Gasteiger partial charge in [-0.25, -0.2) is 14.6 Å². The molecule has 1 saturated heterocycles. The number of hydrogen-bond acceptors (Lipinski definition) is 9. The number of carboxylic acids is 1. The highest BCUT2D eigenvalue weighted by Gasteiger charge is 2.61. The molecule has 3 amide bonds. The third-order valence-corrected chi connectivity index (χ3v) is 9.74. The minimum Gasteiger partial charge on any atom is -0.497 e. The van der Waals surface area contributed by atoms with Gasteiger partial charge in [-0.1, -0.05) is 31.1 Å². The van der Waals surface area contributed by atoms with Crippen LogP contribution in [0, 0.1) is 12.8 Å². The predicted molar refractivity (Wildman–Crippen MR) is 193 cm³/mol. The molecule has 4 unspecified atom stereocenters. The standard InChI is InChI=1S/C39H47N5O8/c1-23-12-11-15-28(40-23)31-20-33(27-17-16-25(50-5)18-30(27)41-31)51-26-19-32-34(45)43-39(36(47)48)21-24(39)13-9-7-6-8-10-14-29(35(46)44(32)22-26)42-37(49)52-38(2,3)4/h9,11-13,15-18,20,24,26,29,32H,6-8,10,14,19,21-22H2,1-5H3,(H,42,49)(H,43,45)(H,47,48)/b13-9-/t24?,26-,29?,32?,39?/m1/s1. The van der Waals surface area contributed by atoms with Gasteiger partial charge in [0, 0.05) is 35.6 Å². The lowest BCUT2D eigenvalue weighted by molar-refractivity contribution is -0.145. The Kier molecular flexibility index (Phi) is 10.4. The molecular weight excluding hydrogens is 666 g/mol. The lowest BCUT2D eigenvalue weighted by Crippen LogP contribution is -2.56. The highest BCUT2D eigenvalue weighted by Crippen LogP contribution is 2.45. The van der Waals surface area contributed by atoms with Gasteiger partial charge < -0.3 is 34.9 Å². The van der Waals surface area contributed by atoms with Gasteiger partial charge in [0.25, 0.3) is 0 Å². The highest BCUT2D eigenvalue weighted by atomic mass is 16.6. The number of nitrogens with zero attached hydrogens (tertiary/aromatic N) is 3. The van der Waals surface area contributed by atoms with Crippen LogP contribution in [0.4, 0.5) is 4.79 Å². The average molecular weight is 714 g/mol. The van der Waals surface area contributed by atoms with E-state index in [0.717, 1.165) is 25.0 Å². The zero-order chi connectivity index (χ0) is 37.2. The number of benzene rings is 1. The molecular formula is C39H47N5O8. The number of aliphatic carboxylic acids is 1. The molecule has 52 heavy (non-hydrogen) atoms. The molecule has 1 aromatic carbocycles. The van der Waals surface area contributed by atoms with E-state index in [1.807, 2.05) is 43.3 Å². The van der Waals surface area contributed by atoms with E-state index < -0.39 is 53.2 Å². The normalized spacial score (nSPS) is 25.8. The molecule has 2 aliphatic heterocycles. The van der Waals surface area contributed by atoms with Gasteiger partial charge in [0.15, 0.2) is 0 Å². The van der Waals surface area contributed by atoms with Crippen molar-refractivity contribution in [3.8, 4) is 22.9 Å². The fourth-order valence-electron chi connectivity index (χ4n) is 6.99. The van der Waals surface area contributed by atoms with Crippen molar-refractivity contribution in [2.24, 2.45) is 5.92 Å². The number of ether oxygens (including phenoxy) is 3. The van der Waals surface area contributed by atoms with Crippen LogP contribution in [0.15, 0.2) is 54.6 Å². The number of alkyl carbamates (subject to hydrolysis) is 1. The van der Waals surface area contributed by atoms with Crippen LogP contribution in [0.1, 0.15) is 71.4 Å². The van der Waals surface area contributed by atoms with Crippen molar-refractivity contribution in [1.82, 2.24) is 25.5 Å². The average Bonchev–Trinajstić information content (AvgIpc) is 3.62. The lowest BCUT2D eigenvalue weighted by Gasteiger charge is -2.30. The first-order chi connectivity index (χ1) is 24.8. The number of aromatic nitrogens is 2. The summed E-state index contributed by atoms with van der Waals surface area (Å²) in [6, 6.07) is 10.9. The van der Waals surface area contributed by atoms with Crippen LogP contribution in [0.5, 0.6) is 11.5 Å². The second kappa shape index (κ2) is 14.8. The maximum Gasteiger partial charge on any atom is 0.408 e. The summed E-state index contributed by atoms with van der Waals surface area (Å²) in [5.74, 6) is -1.44. The minimum atomic E-state index is -1.45. The van der Waals surface area contributed by atoms with Gasteiger partial charge >= 0.3 is 12.1 Å². The number of carbonyl (C=O) groups is 4. The smallest absolute Gasteiger partial charge is 0.408 e. The van der Waals surface area contributed by atoms with Crippen LogP contribution < -0.4 is 20.1 Å². The zero-order valence-electron chi connectivity index (χ0n) is 30.3. The van der Waals surface area contributed by atoms with Crippen LogP contribution in [-0.2, 0) is 19.1 Å². The fraction of sp³-hybridized carbons (Fsp3) is 0.487. The molecule has 5 atom stereocenters. The number of carboxylic acid groups (broad SMARTS) is 1. The predicted octanol–water partition coefficient (Wildman–Crippen LogP) is 5.34. The van der Waals surface area contributed by atoms with Crippen LogP contribution in [0.2, 0.25) is 0 Å². The number of aryl methyl sites for hydroxylation is 1. The number of fused-ring (bicyclic) bond motifs is 3. The summed E-state index contributed by atoms with van der Waals surface area (Å²) in [5, 5.41) is 16.5. The molecule has 1 aliphatic carbocycles. The summed E-state index contributed by atoms with van der Waals surface area (Å²) in [6.45, 7) is 7.13. The largest absolute Gasteiger partial charge is 0.497 e. The van der Waals surface area contributed by atoms with E-state index in [9.17, 15) is 24.3 Å². The first-order valence-electron chi connectivity index (χ1n) is 17.9. The molecule has 1 saturated carbocycles. The van der Waals surface area contributed by atoms with Crippen LogP contribution >= 0.6 is 0 Å². The van der Waals surface area contributed by atoms with Gasteiger partial charge in [0.1, 0.15) is 40.8 Å². The quantitative estimate of drug-likeness (QED) is 0.284. The third-order valence-electron chi connectivity index (χ3n) is 9.74. The van der Waals surface area contributed by atoms with E-state index in [2.05, 4.69) is 15.6 Å². The van der Waals surface area contributed by atoms with Crippen molar-refractivity contribution in [1.29, 1.82) is 0 Å². The number of allylic oxidation sites excluding steroid dienone is 1. The molecule has 4 heterocycles. The number of carbonyl (C=O) groups excluding carboxylic acids is 3. The second-order valence-electron chi connectivity index (χ2n) is 14.9. The van der Waals surface area contributed by atoms with Gasteiger partial charge in [-0.3, -0.25) is 14.6 Å². The van der Waals surface area contributed by atoms with Crippen molar-refractivity contribution in [3.05, 3.63) is 60.3 Å². The topological polar surface area (TPSA) is 169 Å². The summed E-state index contributed by atoms with van der Waals surface area (Å²) < 4.78 is 17.6. The summed E-state index contributed by atoms with van der Waals surface area (Å²) >= 11 is 0. The van der Waals surface area contributed by atoms with Gasteiger partial charge in [0.2, 0.25) is 11.8 Å². The number of amides is 3. The molecule has 3 aliphatic rings. The second-order valence-corrected chi connectivity index (χ2v) is 14.9. The molecule has 276 valence electrons. The maximum absolute atomic E-state index is 14.4. The van der Waals surface area contributed by atoms with Gasteiger partial charge in [-0.15, -0.1) is 0 Å². The Balaban J connectivity index is 1.35. The van der Waals surface area contributed by atoms with E-state index in [4.69, 9.17) is 19.2 Å². The van der Waals surface area contributed by atoms with Crippen molar-refractivity contribution in [2.45, 2.75) is 102 Å². The van der Waals surface area contributed by atoms with Gasteiger partial charge in [0.05, 0.1) is 30.6 Å². The number of rotatable bonds is 6. The zero-order valence-corrected chi connectivity index (χ0v) is 30.3. The van der Waals surface area contributed by atoms with Gasteiger partial charge in [-0.2, -0.15) is 0 Å². The Hall–Kier alpha value is -5.20. The van der Waals surface area contributed by atoms with Crippen LogP contribution in [0.25, 0.3) is 22.3 Å². The van der Waals surface area contributed by atoms with Crippen molar-refractivity contribution in [3.63, 3.8) is 0 Å². The number of nitrogens with one attached hydrogen (secondary N) is 2. The fourth-order valence-corrected chi connectivity index (χ4v) is 6.99. The highest BCUT2D eigenvalue weighted by molar-refractivity contribution is 5.96. The molecule has 13 nitrogen and oxygen atoms in total. The van der Waals surface area contributed by atoms with Crippen molar-refractivity contribution < 1.29 is 38.5 Å². The van der Waals surface area contributed by atoms with Crippen molar-refractivity contribution in [2.75, 3.05) is 13.7 Å². The summed E-state index contributed by atoms with van der Waals surface area (Å²) in [7, 11) is 1.57. The molecule has 2 aromatic heterocycles. The summed E-state index contributed by atoms with van der Waals surface area (Å²) in [6.07, 6.45) is 6.13. The molecule has 3 N–H and O–H groups in total. The molecule has 3 aromatic rings. The third kappa shape index (κ3) is 8.13. The van der Waals surface area contributed by atoms with E-state index in [0.29, 0.717) is 46.6 Å². The Bertz CT molecular complexity index is 1890. The minimum absolute atomic E-state index is 0.0187. The molecule has 2 fully saturated rings. The van der Waals surface area contributed by atoms with Gasteiger partial charge in [-0.05, 0) is 77.6 Å². The molecule has 6 rings (SSSR count). The lowest BCUT2D eigenvalue weighted by atomic mass is 10.0. The van der Waals surface area contributed by atoms with Crippen LogP contribution in [0.3, 0.4) is 0 Å². The number of pyridine rings is 2. The Labute approximate surface area is 303 Å². The Morgan fingerprint density at radius 2 is 1.87 bits per heavy atom. The first-order valence-corrected chi connectivity index (χ1v) is 17.9. The molecule has 0 radical (unpaired) electrons. The molecule has 0 spiro atoms. The summed E-state index contributed by atoms with van der Waals surface area (Å²) in [4.78, 5) is 64.9. The van der Waals surface area contributed by atoms with Crippen molar-refractivity contribution >= 4 is 34.8 Å². The van der Waals surface area contributed by atoms with E-state index in [1.165, 1.54) is 4.90 Å². The SMILES string of the molecule is COc1ccc2c(O[C@@H]3CC4C(=O)NC5(C(=O)O)CC5/C=C\CCCCCC(NC(=O)OC(C)(C)C)C(=O)N4C3)cc(-c3cccc(C)n3)nc2c1. The Morgan fingerprint density at radius 1 is 1.06 bits per heavy atom. The van der Waals surface area contributed by atoms with Crippen LogP contribution in [-0.4, -0.2) is 86.8 Å². The monoisotopic (exact) mass is 713 g/mol. The number of methoxy groups -OCH3 is 1. The first kappa shape index (κ1) is 36.6. The maximum atomic E-state index is 14.4. The van der Waals surface area contributed by atoms with E-state index >= 15 is 0 Å². The molecule has 13 heteroatoms. The Morgan fingerprint density at radius 3 is 2.60 bits per heavy atom. The molecule has 0 bridgehead atoms.